The van der Waals surface area contributed by atoms with E-state index in [1.165, 1.54) is 24.9 Å². The highest BCUT2D eigenvalue weighted by Gasteiger charge is 2.35. The summed E-state index contributed by atoms with van der Waals surface area (Å²) >= 11 is 3.51. The van der Waals surface area contributed by atoms with Crippen LogP contribution in [0, 0.1) is 10.8 Å². The number of hydrogen-bond donors (Lipinski definition) is 2. The molecule has 3 nitrogen and oxygen atoms in total. The van der Waals surface area contributed by atoms with Gasteiger partial charge in [0.1, 0.15) is 5.84 Å². The van der Waals surface area contributed by atoms with Crippen molar-refractivity contribution in [2.45, 2.75) is 33.1 Å². The number of benzene rings is 1. The van der Waals surface area contributed by atoms with Gasteiger partial charge in [-0.3, -0.25) is 5.41 Å². The zero-order valence-corrected chi connectivity index (χ0v) is 13.3. The highest BCUT2D eigenvalue weighted by Crippen LogP contribution is 2.39. The first-order valence-corrected chi connectivity index (χ1v) is 7.69. The van der Waals surface area contributed by atoms with Gasteiger partial charge in [0.25, 0.3) is 0 Å². The lowest BCUT2D eigenvalue weighted by molar-refractivity contribution is 0.301. The molecule has 19 heavy (non-hydrogen) atoms. The van der Waals surface area contributed by atoms with Crippen LogP contribution in [0.4, 0.5) is 5.69 Å². The molecular weight excluding hydrogens is 302 g/mol. The molecular formula is C15H22BrN3. The smallest absolute Gasteiger partial charge is 0.123 e. The van der Waals surface area contributed by atoms with E-state index in [1.54, 1.807) is 0 Å². The second kappa shape index (κ2) is 5.53. The van der Waals surface area contributed by atoms with Gasteiger partial charge in [0.05, 0.1) is 0 Å². The molecule has 0 atom stereocenters. The van der Waals surface area contributed by atoms with Gasteiger partial charge in [0.15, 0.2) is 0 Å². The van der Waals surface area contributed by atoms with Crippen molar-refractivity contribution in [3.05, 3.63) is 28.2 Å². The van der Waals surface area contributed by atoms with Crippen molar-refractivity contribution in [1.29, 1.82) is 5.41 Å². The number of halogens is 1. The molecule has 0 amide bonds. The third-order valence-corrected chi connectivity index (χ3v) is 5.20. The van der Waals surface area contributed by atoms with E-state index in [2.05, 4.69) is 46.8 Å². The second-order valence-electron chi connectivity index (χ2n) is 5.46. The molecule has 0 saturated carbocycles. The first-order valence-electron chi connectivity index (χ1n) is 6.90. The van der Waals surface area contributed by atoms with Crippen LogP contribution in [0.5, 0.6) is 0 Å². The lowest BCUT2D eigenvalue weighted by atomic mass is 9.82. The van der Waals surface area contributed by atoms with Gasteiger partial charge in [-0.2, -0.15) is 0 Å². The lowest BCUT2D eigenvalue weighted by Crippen LogP contribution is -2.26. The van der Waals surface area contributed by atoms with Gasteiger partial charge in [-0.25, -0.2) is 0 Å². The number of nitrogens with zero attached hydrogens (tertiary/aromatic N) is 1. The number of hydrogen-bond acceptors (Lipinski definition) is 2. The van der Waals surface area contributed by atoms with E-state index >= 15 is 0 Å². The number of nitrogens with one attached hydrogen (secondary N) is 1. The molecule has 4 heteroatoms. The fraction of sp³-hybridized carbons (Fsp3) is 0.533. The number of nitrogens with two attached hydrogens (primary N) is 1. The number of anilines is 1. The van der Waals surface area contributed by atoms with Crippen LogP contribution in [-0.4, -0.2) is 18.9 Å². The summed E-state index contributed by atoms with van der Waals surface area (Å²) < 4.78 is 0.906. The van der Waals surface area contributed by atoms with Gasteiger partial charge in [0, 0.05) is 28.8 Å². The molecule has 0 bridgehead atoms. The molecule has 2 rings (SSSR count). The zero-order chi connectivity index (χ0) is 14.0. The minimum atomic E-state index is 0.108. The van der Waals surface area contributed by atoms with Crippen molar-refractivity contribution in [2.75, 3.05) is 18.0 Å². The molecule has 1 fully saturated rings. The summed E-state index contributed by atoms with van der Waals surface area (Å²) in [6.07, 6.45) is 3.76. The Bertz CT molecular complexity index is 480. The Hall–Kier alpha value is -1.03. The third-order valence-electron chi connectivity index (χ3n) is 4.55. The van der Waals surface area contributed by atoms with Crippen LogP contribution < -0.4 is 10.6 Å². The van der Waals surface area contributed by atoms with Crippen LogP contribution in [0.3, 0.4) is 0 Å². The van der Waals surface area contributed by atoms with Crippen molar-refractivity contribution in [1.82, 2.24) is 0 Å². The molecule has 0 aliphatic carbocycles. The largest absolute Gasteiger partial charge is 0.384 e. The fourth-order valence-corrected chi connectivity index (χ4v) is 3.48. The first kappa shape index (κ1) is 14.4. The maximum atomic E-state index is 7.51. The molecule has 104 valence electrons. The molecule has 1 aliphatic rings. The van der Waals surface area contributed by atoms with E-state index in [0.29, 0.717) is 5.41 Å². The predicted molar refractivity (Wildman–Crippen MR) is 85.0 cm³/mol. The van der Waals surface area contributed by atoms with Crippen LogP contribution in [-0.2, 0) is 0 Å². The average Bonchev–Trinajstić information content (AvgIpc) is 2.83. The molecule has 1 saturated heterocycles. The maximum Gasteiger partial charge on any atom is 0.123 e. The Morgan fingerprint density at radius 1 is 1.42 bits per heavy atom. The molecule has 0 spiro atoms. The molecule has 0 radical (unpaired) electrons. The number of rotatable bonds is 4. The van der Waals surface area contributed by atoms with Crippen LogP contribution in [0.25, 0.3) is 0 Å². The molecule has 0 unspecified atom stereocenters. The zero-order valence-electron chi connectivity index (χ0n) is 11.7. The standard InChI is InChI=1S/C15H22BrN3/c1-3-15(4-2)7-8-19(10-15)11-5-6-12(14(17)18)13(16)9-11/h5-6,9H,3-4,7-8,10H2,1-2H3,(H3,17,18). The van der Waals surface area contributed by atoms with Gasteiger partial charge < -0.3 is 10.6 Å². The van der Waals surface area contributed by atoms with Crippen molar-refractivity contribution < 1.29 is 0 Å². The monoisotopic (exact) mass is 323 g/mol. The summed E-state index contributed by atoms with van der Waals surface area (Å²) in [6, 6.07) is 6.08. The van der Waals surface area contributed by atoms with E-state index in [9.17, 15) is 0 Å². The summed E-state index contributed by atoms with van der Waals surface area (Å²) in [5.41, 5.74) is 8.01. The normalized spacial score (nSPS) is 17.7. The van der Waals surface area contributed by atoms with E-state index in [4.69, 9.17) is 11.1 Å². The molecule has 1 aromatic carbocycles. The Morgan fingerprint density at radius 2 is 2.11 bits per heavy atom. The van der Waals surface area contributed by atoms with E-state index in [0.717, 1.165) is 23.1 Å². The lowest BCUT2D eigenvalue weighted by Gasteiger charge is -2.27. The van der Waals surface area contributed by atoms with Crippen LogP contribution >= 0.6 is 15.9 Å². The van der Waals surface area contributed by atoms with Gasteiger partial charge in [0.2, 0.25) is 0 Å². The predicted octanol–water partition coefficient (Wildman–Crippen LogP) is 3.75. The van der Waals surface area contributed by atoms with E-state index < -0.39 is 0 Å². The Labute approximate surface area is 123 Å². The quantitative estimate of drug-likeness (QED) is 0.655. The number of nitrogen functional groups attached to an aromatic ring is 1. The maximum absolute atomic E-state index is 7.51. The summed E-state index contributed by atoms with van der Waals surface area (Å²) in [7, 11) is 0. The Balaban J connectivity index is 2.21. The number of amidine groups is 1. The topological polar surface area (TPSA) is 53.1 Å². The highest BCUT2D eigenvalue weighted by molar-refractivity contribution is 9.10. The van der Waals surface area contributed by atoms with Gasteiger partial charge in [-0.15, -0.1) is 0 Å². The molecule has 3 N–H and O–H groups in total. The van der Waals surface area contributed by atoms with Crippen molar-refractivity contribution in [3.8, 4) is 0 Å². The van der Waals surface area contributed by atoms with E-state index in [1.807, 2.05) is 6.07 Å². The summed E-state index contributed by atoms with van der Waals surface area (Å²) in [4.78, 5) is 2.45. The molecule has 1 aromatic rings. The van der Waals surface area contributed by atoms with Crippen molar-refractivity contribution in [3.63, 3.8) is 0 Å². The minimum Gasteiger partial charge on any atom is -0.384 e. The summed E-state index contributed by atoms with van der Waals surface area (Å²) in [6.45, 7) is 6.84. The molecule has 1 aliphatic heterocycles. The molecule has 0 aromatic heterocycles. The Kier molecular flexibility index (Phi) is 4.19. The van der Waals surface area contributed by atoms with Crippen LogP contribution in [0.1, 0.15) is 38.7 Å². The van der Waals surface area contributed by atoms with Crippen LogP contribution in [0.15, 0.2) is 22.7 Å². The average molecular weight is 324 g/mol. The van der Waals surface area contributed by atoms with Crippen molar-refractivity contribution >= 4 is 27.5 Å². The van der Waals surface area contributed by atoms with Crippen LogP contribution in [0.2, 0.25) is 0 Å². The van der Waals surface area contributed by atoms with Gasteiger partial charge in [-0.1, -0.05) is 13.8 Å². The second-order valence-corrected chi connectivity index (χ2v) is 6.31. The van der Waals surface area contributed by atoms with Gasteiger partial charge >= 0.3 is 0 Å². The van der Waals surface area contributed by atoms with Crippen molar-refractivity contribution in [2.24, 2.45) is 11.1 Å². The van der Waals surface area contributed by atoms with E-state index in [-0.39, 0.29) is 5.84 Å². The van der Waals surface area contributed by atoms with Gasteiger partial charge in [-0.05, 0) is 58.8 Å². The highest BCUT2D eigenvalue weighted by atomic mass is 79.9. The molecule has 1 heterocycles. The minimum absolute atomic E-state index is 0.108. The fourth-order valence-electron chi connectivity index (χ4n) is 2.90. The Morgan fingerprint density at radius 3 is 2.58 bits per heavy atom. The summed E-state index contributed by atoms with van der Waals surface area (Å²) in [5, 5.41) is 7.51. The summed E-state index contributed by atoms with van der Waals surface area (Å²) in [5.74, 6) is 0.108. The first-order chi connectivity index (χ1) is 9.01. The SMILES string of the molecule is CCC1(CC)CCN(c2ccc(C(=N)N)c(Br)c2)C1. The third kappa shape index (κ3) is 2.78.